The van der Waals surface area contributed by atoms with E-state index in [1.54, 1.807) is 0 Å². The molecular weight excluding hydrogens is 198 g/mol. The van der Waals surface area contributed by atoms with Crippen molar-refractivity contribution in [3.05, 3.63) is 0 Å². The lowest BCUT2D eigenvalue weighted by molar-refractivity contribution is 0.313. The summed E-state index contributed by atoms with van der Waals surface area (Å²) in [5, 5.41) is 0. The lowest BCUT2D eigenvalue weighted by atomic mass is 9.97. The smallest absolute Gasteiger partial charge is 0.186 e. The van der Waals surface area contributed by atoms with Gasteiger partial charge in [0.1, 0.15) is 6.61 Å². The Morgan fingerprint density at radius 3 is 2.50 bits per heavy atom. The summed E-state index contributed by atoms with van der Waals surface area (Å²) in [6, 6.07) is 0. The van der Waals surface area contributed by atoms with Crippen molar-refractivity contribution < 1.29 is 4.74 Å². The zero-order valence-electron chi connectivity index (χ0n) is 11.0. The third-order valence-electron chi connectivity index (χ3n) is 3.36. The first kappa shape index (κ1) is 13.5. The van der Waals surface area contributed by atoms with E-state index < -0.39 is 0 Å². The topological polar surface area (TPSA) is 21.6 Å². The maximum Gasteiger partial charge on any atom is 0.186 e. The summed E-state index contributed by atoms with van der Waals surface area (Å²) in [6.45, 7) is 6.19. The highest BCUT2D eigenvalue weighted by atomic mass is 16.5. The van der Waals surface area contributed by atoms with Crippen molar-refractivity contribution in [2.45, 2.75) is 65.2 Å². The van der Waals surface area contributed by atoms with Crippen LogP contribution in [-0.2, 0) is 4.74 Å². The number of hydrogen-bond donors (Lipinski definition) is 0. The van der Waals surface area contributed by atoms with Crippen molar-refractivity contribution in [2.75, 3.05) is 13.2 Å². The number of nitrogens with zero attached hydrogens (tertiary/aromatic N) is 1. The predicted molar refractivity (Wildman–Crippen MR) is 70.0 cm³/mol. The Morgan fingerprint density at radius 1 is 1.12 bits per heavy atom. The fraction of sp³-hybridized carbons (Fsp3) is 0.929. The first-order valence-electron chi connectivity index (χ1n) is 7.05. The van der Waals surface area contributed by atoms with E-state index in [1.165, 1.54) is 51.4 Å². The molecular formula is C14H27NO. The summed E-state index contributed by atoms with van der Waals surface area (Å²) in [5.41, 5.74) is 0. The fourth-order valence-electron chi connectivity index (χ4n) is 2.27. The van der Waals surface area contributed by atoms with E-state index in [1.807, 2.05) is 0 Å². The SMILES string of the molecule is CCCCCCCCC(CC)C1=NCCO1. The van der Waals surface area contributed by atoms with E-state index in [0.717, 1.165) is 19.0 Å². The Labute approximate surface area is 100 Å². The van der Waals surface area contributed by atoms with Crippen LogP contribution in [0.3, 0.4) is 0 Å². The van der Waals surface area contributed by atoms with Crippen LogP contribution in [0, 0.1) is 5.92 Å². The molecule has 1 aliphatic heterocycles. The summed E-state index contributed by atoms with van der Waals surface area (Å²) >= 11 is 0. The molecule has 1 atom stereocenters. The van der Waals surface area contributed by atoms with Crippen LogP contribution in [0.5, 0.6) is 0 Å². The second-order valence-corrected chi connectivity index (χ2v) is 4.73. The van der Waals surface area contributed by atoms with Gasteiger partial charge in [0.05, 0.1) is 6.54 Å². The van der Waals surface area contributed by atoms with Crippen molar-refractivity contribution in [1.82, 2.24) is 0 Å². The fourth-order valence-corrected chi connectivity index (χ4v) is 2.27. The zero-order chi connectivity index (χ0) is 11.6. The maximum absolute atomic E-state index is 5.55. The van der Waals surface area contributed by atoms with Crippen molar-refractivity contribution in [3.8, 4) is 0 Å². The molecule has 0 aromatic rings. The highest BCUT2D eigenvalue weighted by molar-refractivity contribution is 5.79. The number of rotatable bonds is 9. The van der Waals surface area contributed by atoms with Crippen molar-refractivity contribution in [2.24, 2.45) is 10.9 Å². The molecule has 0 N–H and O–H groups in total. The third-order valence-corrected chi connectivity index (χ3v) is 3.36. The van der Waals surface area contributed by atoms with Gasteiger partial charge in [-0.1, -0.05) is 52.4 Å². The third kappa shape index (κ3) is 5.00. The van der Waals surface area contributed by atoms with Gasteiger partial charge in [-0.15, -0.1) is 0 Å². The first-order valence-corrected chi connectivity index (χ1v) is 7.05. The highest BCUT2D eigenvalue weighted by Crippen LogP contribution is 2.19. The molecule has 2 heteroatoms. The number of unbranched alkanes of at least 4 members (excludes halogenated alkanes) is 5. The van der Waals surface area contributed by atoms with E-state index in [4.69, 9.17) is 4.74 Å². The summed E-state index contributed by atoms with van der Waals surface area (Å²) in [5.74, 6) is 1.63. The largest absolute Gasteiger partial charge is 0.479 e. The Morgan fingerprint density at radius 2 is 1.88 bits per heavy atom. The van der Waals surface area contributed by atoms with Gasteiger partial charge in [0.15, 0.2) is 5.90 Å². The van der Waals surface area contributed by atoms with Crippen LogP contribution in [0.4, 0.5) is 0 Å². The normalized spacial score (nSPS) is 17.0. The molecule has 0 amide bonds. The van der Waals surface area contributed by atoms with Crippen LogP contribution in [0.15, 0.2) is 4.99 Å². The van der Waals surface area contributed by atoms with Gasteiger partial charge in [-0.2, -0.15) is 0 Å². The predicted octanol–water partition coefficient (Wildman–Crippen LogP) is 4.19. The molecule has 0 aromatic heterocycles. The van der Waals surface area contributed by atoms with E-state index in [2.05, 4.69) is 18.8 Å². The molecule has 0 saturated carbocycles. The lowest BCUT2D eigenvalue weighted by Gasteiger charge is -2.14. The molecule has 2 nitrogen and oxygen atoms in total. The maximum atomic E-state index is 5.55. The molecule has 94 valence electrons. The van der Waals surface area contributed by atoms with Gasteiger partial charge in [-0.05, 0) is 12.8 Å². The Balaban J connectivity index is 2.05. The minimum Gasteiger partial charge on any atom is -0.479 e. The molecule has 16 heavy (non-hydrogen) atoms. The van der Waals surface area contributed by atoms with E-state index >= 15 is 0 Å². The molecule has 0 spiro atoms. The summed E-state index contributed by atoms with van der Waals surface area (Å²) < 4.78 is 5.55. The van der Waals surface area contributed by atoms with Gasteiger partial charge < -0.3 is 4.74 Å². The van der Waals surface area contributed by atoms with Gasteiger partial charge >= 0.3 is 0 Å². The molecule has 0 aromatic carbocycles. The number of aliphatic imine (C=N–C) groups is 1. The van der Waals surface area contributed by atoms with Crippen LogP contribution < -0.4 is 0 Å². The number of ether oxygens (including phenoxy) is 1. The van der Waals surface area contributed by atoms with Gasteiger partial charge in [0.2, 0.25) is 0 Å². The molecule has 1 heterocycles. The molecule has 1 rings (SSSR count). The average molecular weight is 225 g/mol. The Hall–Kier alpha value is -0.530. The lowest BCUT2D eigenvalue weighted by Crippen LogP contribution is -2.14. The minimum atomic E-state index is 0.591. The van der Waals surface area contributed by atoms with Crippen LogP contribution in [0.2, 0.25) is 0 Å². The van der Waals surface area contributed by atoms with Crippen LogP contribution in [-0.4, -0.2) is 19.0 Å². The Kier molecular flexibility index (Phi) is 7.28. The summed E-state index contributed by atoms with van der Waals surface area (Å²) in [7, 11) is 0. The minimum absolute atomic E-state index is 0.591. The average Bonchev–Trinajstić information content (AvgIpc) is 2.82. The first-order chi connectivity index (χ1) is 7.88. The quantitative estimate of drug-likeness (QED) is 0.539. The van der Waals surface area contributed by atoms with Crippen molar-refractivity contribution in [3.63, 3.8) is 0 Å². The van der Waals surface area contributed by atoms with Crippen LogP contribution in [0.25, 0.3) is 0 Å². The second-order valence-electron chi connectivity index (χ2n) is 4.73. The van der Waals surface area contributed by atoms with Crippen molar-refractivity contribution in [1.29, 1.82) is 0 Å². The molecule has 0 aliphatic carbocycles. The second kappa shape index (κ2) is 8.60. The zero-order valence-corrected chi connectivity index (χ0v) is 11.0. The molecule has 0 radical (unpaired) electrons. The summed E-state index contributed by atoms with van der Waals surface area (Å²) in [6.07, 6.45) is 10.7. The van der Waals surface area contributed by atoms with E-state index in [9.17, 15) is 0 Å². The van der Waals surface area contributed by atoms with Crippen LogP contribution >= 0.6 is 0 Å². The van der Waals surface area contributed by atoms with E-state index in [-0.39, 0.29) is 0 Å². The van der Waals surface area contributed by atoms with Crippen molar-refractivity contribution >= 4 is 5.90 Å². The molecule has 0 bridgehead atoms. The standard InChI is InChI=1S/C14H27NO/c1-3-5-6-7-8-9-10-13(4-2)14-15-11-12-16-14/h13H,3-12H2,1-2H3. The Bertz CT molecular complexity index is 201. The number of hydrogen-bond acceptors (Lipinski definition) is 2. The molecule has 0 saturated heterocycles. The van der Waals surface area contributed by atoms with Gasteiger partial charge in [0.25, 0.3) is 0 Å². The summed E-state index contributed by atoms with van der Waals surface area (Å²) in [4.78, 5) is 4.43. The molecule has 1 aliphatic rings. The molecule has 1 unspecified atom stereocenters. The van der Waals surface area contributed by atoms with Gasteiger partial charge in [0, 0.05) is 5.92 Å². The van der Waals surface area contributed by atoms with Gasteiger partial charge in [-0.25, -0.2) is 0 Å². The highest BCUT2D eigenvalue weighted by Gasteiger charge is 2.18. The van der Waals surface area contributed by atoms with Crippen LogP contribution in [0.1, 0.15) is 65.2 Å². The van der Waals surface area contributed by atoms with E-state index in [0.29, 0.717) is 5.92 Å². The molecule has 0 fully saturated rings. The van der Waals surface area contributed by atoms with Gasteiger partial charge in [-0.3, -0.25) is 4.99 Å². The monoisotopic (exact) mass is 225 g/mol.